The Morgan fingerprint density at radius 2 is 2.00 bits per heavy atom. The van der Waals surface area contributed by atoms with Gasteiger partial charge in [-0.2, -0.15) is 0 Å². The van der Waals surface area contributed by atoms with Crippen LogP contribution in [-0.4, -0.2) is 25.3 Å². The van der Waals surface area contributed by atoms with Crippen LogP contribution in [0.15, 0.2) is 47.5 Å². The molecule has 2 aromatic rings. The van der Waals surface area contributed by atoms with Crippen molar-refractivity contribution in [2.24, 2.45) is 4.99 Å². The molecule has 2 aromatic carbocycles. The molecule has 1 N–H and O–H groups in total. The van der Waals surface area contributed by atoms with Crippen molar-refractivity contribution in [3.05, 3.63) is 64.7 Å². The van der Waals surface area contributed by atoms with E-state index in [1.807, 2.05) is 43.3 Å². The number of benzene rings is 2. The molecule has 3 rings (SSSR count). The van der Waals surface area contributed by atoms with Crippen molar-refractivity contribution in [1.29, 1.82) is 5.41 Å². The van der Waals surface area contributed by atoms with E-state index >= 15 is 0 Å². The molecule has 1 unspecified atom stereocenters. The molecular formula is C19H19N2O2-. The van der Waals surface area contributed by atoms with Gasteiger partial charge in [0.25, 0.3) is 0 Å². The summed E-state index contributed by atoms with van der Waals surface area (Å²) in [7, 11) is 1.64. The molecule has 0 bridgehead atoms. The summed E-state index contributed by atoms with van der Waals surface area (Å²) in [5.74, 6) is -0.507. The van der Waals surface area contributed by atoms with Gasteiger partial charge in [-0.05, 0) is 42.0 Å². The van der Waals surface area contributed by atoms with Crippen molar-refractivity contribution < 1.29 is 9.84 Å². The summed E-state index contributed by atoms with van der Waals surface area (Å²) in [6.07, 6.45) is 0.845. The maximum Gasteiger partial charge on any atom is 0.122 e. The summed E-state index contributed by atoms with van der Waals surface area (Å²) in [5.41, 5.74) is 4.64. The summed E-state index contributed by atoms with van der Waals surface area (Å²) in [6, 6.07) is 13.5. The number of nitrogens with one attached hydrogen (secondary N) is 1. The van der Waals surface area contributed by atoms with E-state index in [4.69, 9.17) is 10.1 Å². The third kappa shape index (κ3) is 2.84. The lowest BCUT2D eigenvalue weighted by molar-refractivity contribution is -0.220. The zero-order chi connectivity index (χ0) is 16.4. The molecule has 23 heavy (non-hydrogen) atoms. The number of rotatable bonds is 4. The number of aliphatic imine (C=N–C) groups is 1. The number of aryl methyl sites for hydroxylation is 1. The summed E-state index contributed by atoms with van der Waals surface area (Å²) in [6.45, 7) is 2.65. The lowest BCUT2D eigenvalue weighted by atomic mass is 9.84. The summed E-state index contributed by atoms with van der Waals surface area (Å²) in [4.78, 5) is 4.59. The number of ether oxygens (including phenoxy) is 1. The smallest absolute Gasteiger partial charge is 0.122 e. The van der Waals surface area contributed by atoms with Crippen LogP contribution < -0.4 is 9.84 Å². The third-order valence-electron chi connectivity index (χ3n) is 4.23. The maximum absolute atomic E-state index is 12.0. The van der Waals surface area contributed by atoms with Crippen molar-refractivity contribution in [3.63, 3.8) is 0 Å². The molecule has 0 saturated carbocycles. The Bertz CT molecular complexity index is 766. The average Bonchev–Trinajstić information content (AvgIpc) is 2.55. The van der Waals surface area contributed by atoms with Crippen LogP contribution in [-0.2, 0) is 6.42 Å². The fourth-order valence-electron chi connectivity index (χ4n) is 3.12. The van der Waals surface area contributed by atoms with Crippen molar-refractivity contribution in [2.75, 3.05) is 13.7 Å². The third-order valence-corrected chi connectivity index (χ3v) is 4.23. The molecule has 0 spiro atoms. The van der Waals surface area contributed by atoms with Crippen LogP contribution in [0.25, 0.3) is 0 Å². The van der Waals surface area contributed by atoms with E-state index in [2.05, 4.69) is 11.1 Å². The van der Waals surface area contributed by atoms with Gasteiger partial charge in [-0.15, -0.1) is 0 Å². The second-order valence-corrected chi connectivity index (χ2v) is 5.70. The molecule has 1 aliphatic rings. The second kappa shape index (κ2) is 6.24. The quantitative estimate of drug-likeness (QED) is 0.696. The van der Waals surface area contributed by atoms with Crippen LogP contribution in [0.2, 0.25) is 0 Å². The zero-order valence-electron chi connectivity index (χ0n) is 13.3. The lowest BCUT2D eigenvalue weighted by Gasteiger charge is -2.28. The predicted octanol–water partition coefficient (Wildman–Crippen LogP) is 2.47. The Hall–Kier alpha value is -2.62. The van der Waals surface area contributed by atoms with E-state index in [-0.39, 0.29) is 0 Å². The molecule has 0 aromatic heterocycles. The highest BCUT2D eigenvalue weighted by molar-refractivity contribution is 6.16. The minimum atomic E-state index is -0.650. The number of hydrogen-bond acceptors (Lipinski definition) is 4. The topological polar surface area (TPSA) is 68.5 Å². The number of nitrogens with zero attached hydrogens (tertiary/aromatic N) is 1. The van der Waals surface area contributed by atoms with Crippen LogP contribution in [0.5, 0.6) is 5.75 Å². The molecule has 4 heteroatoms. The van der Waals surface area contributed by atoms with Gasteiger partial charge in [-0.3, -0.25) is 4.99 Å². The van der Waals surface area contributed by atoms with Gasteiger partial charge < -0.3 is 15.3 Å². The lowest BCUT2D eigenvalue weighted by Crippen LogP contribution is -2.33. The van der Waals surface area contributed by atoms with E-state index in [0.29, 0.717) is 12.3 Å². The summed E-state index contributed by atoms with van der Waals surface area (Å²) < 4.78 is 5.42. The second-order valence-electron chi connectivity index (χ2n) is 5.70. The van der Waals surface area contributed by atoms with Crippen LogP contribution in [0.4, 0.5) is 0 Å². The van der Waals surface area contributed by atoms with Gasteiger partial charge in [0, 0.05) is 12.1 Å². The van der Waals surface area contributed by atoms with Gasteiger partial charge >= 0.3 is 0 Å². The minimum absolute atomic E-state index is 0.637. The van der Waals surface area contributed by atoms with Crippen molar-refractivity contribution in [2.45, 2.75) is 19.3 Å². The van der Waals surface area contributed by atoms with Gasteiger partial charge in [-0.25, -0.2) is 0 Å². The monoisotopic (exact) mass is 307 g/mol. The number of fused-ring (bicyclic) bond motifs is 1. The molecule has 0 radical (unpaired) electrons. The van der Waals surface area contributed by atoms with Crippen molar-refractivity contribution >= 4 is 11.6 Å². The molecular weight excluding hydrogens is 288 g/mol. The van der Waals surface area contributed by atoms with E-state index in [0.717, 1.165) is 34.4 Å². The Labute approximate surface area is 136 Å². The van der Waals surface area contributed by atoms with E-state index in [9.17, 15) is 5.11 Å². The largest absolute Gasteiger partial charge is 0.861 e. The standard InChI is InChI=1S/C19H20N2O2/c1-12-10-14-8-9-21-18(15(14)11-16(12)23-2)17(19(20)22)13-6-4-3-5-7-13/h3-7,10-11,17H,8-9H2,1-2H3,(H2,20,22)/p-1. The average molecular weight is 307 g/mol. The first-order valence-electron chi connectivity index (χ1n) is 7.64. The predicted molar refractivity (Wildman–Crippen MR) is 89.7 cm³/mol. The number of methoxy groups -OCH3 is 1. The molecule has 0 aliphatic carbocycles. The Kier molecular flexibility index (Phi) is 4.15. The molecule has 0 amide bonds. The van der Waals surface area contributed by atoms with E-state index < -0.39 is 11.8 Å². The van der Waals surface area contributed by atoms with Gasteiger partial charge in [0.1, 0.15) is 5.75 Å². The highest BCUT2D eigenvalue weighted by Gasteiger charge is 2.25. The number of hydrogen-bond donors (Lipinski definition) is 1. The molecule has 1 atom stereocenters. The summed E-state index contributed by atoms with van der Waals surface area (Å²) >= 11 is 0. The Balaban J connectivity index is 2.13. The van der Waals surface area contributed by atoms with Crippen LogP contribution in [0.3, 0.4) is 0 Å². The molecule has 0 fully saturated rings. The molecule has 118 valence electrons. The molecule has 1 aliphatic heterocycles. The van der Waals surface area contributed by atoms with Gasteiger partial charge in [0.2, 0.25) is 0 Å². The molecule has 0 saturated heterocycles. The fraction of sp³-hybridized carbons (Fsp3) is 0.263. The minimum Gasteiger partial charge on any atom is -0.861 e. The van der Waals surface area contributed by atoms with Gasteiger partial charge in [0.15, 0.2) is 0 Å². The molecule has 4 nitrogen and oxygen atoms in total. The van der Waals surface area contributed by atoms with Crippen molar-refractivity contribution in [3.8, 4) is 5.75 Å². The first-order valence-corrected chi connectivity index (χ1v) is 7.64. The first-order chi connectivity index (χ1) is 11.1. The maximum atomic E-state index is 12.0. The van der Waals surface area contributed by atoms with Crippen LogP contribution >= 0.6 is 0 Å². The zero-order valence-corrected chi connectivity index (χ0v) is 13.3. The highest BCUT2D eigenvalue weighted by atomic mass is 16.5. The Morgan fingerprint density at radius 3 is 2.65 bits per heavy atom. The van der Waals surface area contributed by atoms with E-state index in [1.54, 1.807) is 7.11 Å². The van der Waals surface area contributed by atoms with Crippen molar-refractivity contribution in [1.82, 2.24) is 0 Å². The van der Waals surface area contributed by atoms with Gasteiger partial charge in [0.05, 0.1) is 18.7 Å². The van der Waals surface area contributed by atoms with Crippen LogP contribution in [0.1, 0.15) is 28.2 Å². The van der Waals surface area contributed by atoms with E-state index in [1.165, 1.54) is 0 Å². The van der Waals surface area contributed by atoms with Gasteiger partial charge in [-0.1, -0.05) is 36.4 Å². The molecule has 1 heterocycles. The normalized spacial score (nSPS) is 14.6. The Morgan fingerprint density at radius 1 is 1.26 bits per heavy atom. The van der Waals surface area contributed by atoms with Crippen LogP contribution in [0, 0.1) is 12.3 Å². The fourth-order valence-corrected chi connectivity index (χ4v) is 3.12. The highest BCUT2D eigenvalue weighted by Crippen LogP contribution is 2.31. The SMILES string of the molecule is COc1cc2c(cc1C)CCN=C2C(C(=N)[O-])c1ccccc1. The summed E-state index contributed by atoms with van der Waals surface area (Å²) in [5, 5.41) is 19.8. The first kappa shape index (κ1) is 15.3.